The van der Waals surface area contributed by atoms with E-state index in [0.29, 0.717) is 0 Å². The topological polar surface area (TPSA) is 90.8 Å². The molecular weight excluding hydrogens is 158 g/mol. The molecule has 0 aromatic rings. The van der Waals surface area contributed by atoms with Crippen LogP contribution in [0.4, 0.5) is 0 Å². The minimum absolute atomic E-state index is 0.0654. The molecule has 0 spiro atoms. The van der Waals surface area contributed by atoms with Crippen LogP contribution in [0.5, 0.6) is 0 Å². The SMILES string of the molecule is N=C=C1C=C([N+](=O)[O-])C=CC1=N. The van der Waals surface area contributed by atoms with Gasteiger partial charge in [0.05, 0.1) is 16.2 Å². The van der Waals surface area contributed by atoms with E-state index in [0.717, 1.165) is 6.08 Å². The first-order valence-corrected chi connectivity index (χ1v) is 3.08. The van der Waals surface area contributed by atoms with Crippen molar-refractivity contribution >= 4 is 11.6 Å². The van der Waals surface area contributed by atoms with E-state index in [1.807, 2.05) is 5.87 Å². The summed E-state index contributed by atoms with van der Waals surface area (Å²) in [6, 6.07) is 0. The van der Waals surface area contributed by atoms with Crippen LogP contribution >= 0.6 is 0 Å². The van der Waals surface area contributed by atoms with E-state index in [9.17, 15) is 10.1 Å². The van der Waals surface area contributed by atoms with Crippen molar-refractivity contribution in [3.63, 3.8) is 0 Å². The summed E-state index contributed by atoms with van der Waals surface area (Å²) in [6.07, 6.45) is 3.65. The Kier molecular flexibility index (Phi) is 1.98. The molecule has 0 heterocycles. The monoisotopic (exact) mass is 163 g/mol. The smallest absolute Gasteiger partial charge is 0.270 e. The molecule has 0 amide bonds. The average Bonchev–Trinajstić information content (AvgIpc) is 2.05. The van der Waals surface area contributed by atoms with Crippen molar-refractivity contribution in [1.82, 2.24) is 0 Å². The van der Waals surface area contributed by atoms with Gasteiger partial charge in [0.2, 0.25) is 0 Å². The number of nitrogens with one attached hydrogen (secondary N) is 2. The quantitative estimate of drug-likeness (QED) is 0.341. The van der Waals surface area contributed by atoms with E-state index >= 15 is 0 Å². The highest BCUT2D eigenvalue weighted by atomic mass is 16.6. The van der Waals surface area contributed by atoms with Crippen LogP contribution in [0.15, 0.2) is 29.5 Å². The van der Waals surface area contributed by atoms with Gasteiger partial charge < -0.3 is 0 Å². The standard InChI is InChI=1S/C7H5N3O2/c8-4-5-3-6(10(11)12)1-2-7(5)9/h1-3,8-9H. The van der Waals surface area contributed by atoms with Gasteiger partial charge in [-0.1, -0.05) is 0 Å². The number of rotatable bonds is 1. The Hall–Kier alpha value is -2.00. The van der Waals surface area contributed by atoms with Crippen LogP contribution in [-0.4, -0.2) is 16.5 Å². The zero-order valence-electron chi connectivity index (χ0n) is 6.00. The predicted octanol–water partition coefficient (Wildman–Crippen LogP) is 0.911. The lowest BCUT2D eigenvalue weighted by Crippen LogP contribution is -2.06. The third-order valence-corrected chi connectivity index (χ3v) is 1.35. The molecule has 0 bridgehead atoms. The molecule has 5 heteroatoms. The summed E-state index contributed by atoms with van der Waals surface area (Å²) < 4.78 is 0. The zero-order valence-corrected chi connectivity index (χ0v) is 6.00. The molecular formula is C7H5N3O2. The Balaban J connectivity index is 3.13. The lowest BCUT2D eigenvalue weighted by atomic mass is 10.1. The molecule has 0 radical (unpaired) electrons. The van der Waals surface area contributed by atoms with E-state index in [2.05, 4.69) is 0 Å². The van der Waals surface area contributed by atoms with Crippen molar-refractivity contribution in [2.45, 2.75) is 0 Å². The molecule has 0 fully saturated rings. The third kappa shape index (κ3) is 1.36. The molecule has 0 aromatic heterocycles. The maximum absolute atomic E-state index is 10.2. The fraction of sp³-hybridized carbons (Fsp3) is 0. The molecule has 2 N–H and O–H groups in total. The van der Waals surface area contributed by atoms with Gasteiger partial charge in [-0.05, 0) is 11.9 Å². The first kappa shape index (κ1) is 8.10. The van der Waals surface area contributed by atoms with Gasteiger partial charge in [0, 0.05) is 12.2 Å². The highest BCUT2D eigenvalue weighted by Crippen LogP contribution is 2.10. The number of nitro groups is 1. The summed E-state index contributed by atoms with van der Waals surface area (Å²) in [7, 11) is 0. The maximum Gasteiger partial charge on any atom is 0.270 e. The minimum Gasteiger partial charge on any atom is -0.300 e. The first-order valence-electron chi connectivity index (χ1n) is 3.08. The zero-order chi connectivity index (χ0) is 9.14. The van der Waals surface area contributed by atoms with E-state index in [1.54, 1.807) is 0 Å². The molecule has 12 heavy (non-hydrogen) atoms. The molecule has 0 unspecified atom stereocenters. The van der Waals surface area contributed by atoms with Crippen LogP contribution in [0, 0.1) is 20.9 Å². The summed E-state index contributed by atoms with van der Waals surface area (Å²) in [5.41, 5.74) is 0.0700. The van der Waals surface area contributed by atoms with Gasteiger partial charge in [0.1, 0.15) is 0 Å². The summed E-state index contributed by atoms with van der Waals surface area (Å²) >= 11 is 0. The largest absolute Gasteiger partial charge is 0.300 e. The second-order valence-corrected chi connectivity index (χ2v) is 2.11. The van der Waals surface area contributed by atoms with Crippen LogP contribution < -0.4 is 0 Å². The molecule has 60 valence electrons. The van der Waals surface area contributed by atoms with Crippen molar-refractivity contribution in [2.75, 3.05) is 0 Å². The third-order valence-electron chi connectivity index (χ3n) is 1.35. The Morgan fingerprint density at radius 1 is 1.50 bits per heavy atom. The van der Waals surface area contributed by atoms with E-state index in [4.69, 9.17) is 10.8 Å². The highest BCUT2D eigenvalue weighted by Gasteiger charge is 2.14. The van der Waals surface area contributed by atoms with Crippen molar-refractivity contribution in [3.05, 3.63) is 39.6 Å². The van der Waals surface area contributed by atoms with Gasteiger partial charge in [0.15, 0.2) is 0 Å². The van der Waals surface area contributed by atoms with Crippen LogP contribution in [0.2, 0.25) is 0 Å². The normalized spacial score (nSPS) is 15.5. The molecule has 0 saturated carbocycles. The Morgan fingerprint density at radius 2 is 2.17 bits per heavy atom. The molecule has 0 aliphatic heterocycles. The number of allylic oxidation sites excluding steroid dienone is 4. The van der Waals surface area contributed by atoms with Gasteiger partial charge >= 0.3 is 0 Å². The lowest BCUT2D eigenvalue weighted by molar-refractivity contribution is -0.419. The van der Waals surface area contributed by atoms with Gasteiger partial charge in [-0.25, -0.2) is 0 Å². The second-order valence-electron chi connectivity index (χ2n) is 2.11. The molecule has 1 aliphatic rings. The summed E-state index contributed by atoms with van der Waals surface area (Å²) in [5.74, 6) is 1.95. The molecule has 1 aliphatic carbocycles. The molecule has 0 atom stereocenters. The maximum atomic E-state index is 10.2. The second kappa shape index (κ2) is 2.94. The van der Waals surface area contributed by atoms with Gasteiger partial charge in [-0.3, -0.25) is 20.9 Å². The summed E-state index contributed by atoms with van der Waals surface area (Å²) in [5, 5.41) is 24.2. The lowest BCUT2D eigenvalue weighted by Gasteiger charge is -2.00. The van der Waals surface area contributed by atoms with E-state index in [1.165, 1.54) is 12.2 Å². The Morgan fingerprint density at radius 3 is 2.67 bits per heavy atom. The van der Waals surface area contributed by atoms with Gasteiger partial charge in [-0.15, -0.1) is 0 Å². The Labute approximate surface area is 67.9 Å². The Bertz CT molecular complexity index is 359. The number of hydrogen-bond acceptors (Lipinski definition) is 4. The van der Waals surface area contributed by atoms with Crippen LogP contribution in [0.3, 0.4) is 0 Å². The highest BCUT2D eigenvalue weighted by molar-refractivity contribution is 6.14. The molecule has 0 saturated heterocycles. The predicted molar refractivity (Wildman–Crippen MR) is 43.2 cm³/mol. The first-order chi connectivity index (χ1) is 5.65. The van der Waals surface area contributed by atoms with E-state index < -0.39 is 4.92 Å². The molecule has 1 rings (SSSR count). The van der Waals surface area contributed by atoms with Crippen molar-refractivity contribution in [3.8, 4) is 0 Å². The fourth-order valence-electron chi connectivity index (χ4n) is 0.749. The van der Waals surface area contributed by atoms with Gasteiger partial charge in [-0.2, -0.15) is 0 Å². The minimum atomic E-state index is -0.569. The van der Waals surface area contributed by atoms with Crippen molar-refractivity contribution in [1.29, 1.82) is 10.8 Å². The fourth-order valence-corrected chi connectivity index (χ4v) is 0.749. The molecule has 5 nitrogen and oxygen atoms in total. The van der Waals surface area contributed by atoms with Gasteiger partial charge in [0.25, 0.3) is 5.70 Å². The van der Waals surface area contributed by atoms with Crippen molar-refractivity contribution in [2.24, 2.45) is 0 Å². The van der Waals surface area contributed by atoms with E-state index in [-0.39, 0.29) is 17.0 Å². The van der Waals surface area contributed by atoms with Crippen LogP contribution in [0.1, 0.15) is 0 Å². The summed E-state index contributed by atoms with van der Waals surface area (Å²) in [6.45, 7) is 0. The van der Waals surface area contributed by atoms with Crippen LogP contribution in [0.25, 0.3) is 0 Å². The summed E-state index contributed by atoms with van der Waals surface area (Å²) in [4.78, 5) is 9.67. The van der Waals surface area contributed by atoms with Crippen LogP contribution in [-0.2, 0) is 0 Å². The number of nitrogens with zero attached hydrogens (tertiary/aromatic N) is 1. The number of hydrogen-bond donors (Lipinski definition) is 2. The molecule has 0 aromatic carbocycles. The van der Waals surface area contributed by atoms with Crippen molar-refractivity contribution < 1.29 is 4.92 Å². The average molecular weight is 163 g/mol.